The van der Waals surface area contributed by atoms with Crippen LogP contribution in [0.15, 0.2) is 18.2 Å². The van der Waals surface area contributed by atoms with Gasteiger partial charge < -0.3 is 5.73 Å². The van der Waals surface area contributed by atoms with E-state index in [0.717, 1.165) is 35.6 Å². The second-order valence-corrected chi connectivity index (χ2v) is 4.75. The Hall–Kier alpha value is -1.81. The van der Waals surface area contributed by atoms with E-state index < -0.39 is 0 Å². The Kier molecular flexibility index (Phi) is 4.22. The molecule has 0 fully saturated rings. The Morgan fingerprint density at radius 1 is 1.00 bits per heavy atom. The number of aromatic nitrogens is 3. The summed E-state index contributed by atoms with van der Waals surface area (Å²) in [5, 5.41) is 0. The minimum absolute atomic E-state index is 0.695. The minimum Gasteiger partial charge on any atom is -0.330 e. The molecule has 19 heavy (non-hydrogen) atoms. The summed E-state index contributed by atoms with van der Waals surface area (Å²) >= 11 is 0. The van der Waals surface area contributed by atoms with Gasteiger partial charge in [-0.2, -0.15) is 0 Å². The van der Waals surface area contributed by atoms with Gasteiger partial charge in [0.05, 0.1) is 0 Å². The highest BCUT2D eigenvalue weighted by atomic mass is 14.9. The monoisotopic (exact) mass is 256 g/mol. The fourth-order valence-corrected chi connectivity index (χ4v) is 2.16. The molecule has 2 N–H and O–H groups in total. The van der Waals surface area contributed by atoms with Crippen molar-refractivity contribution in [1.29, 1.82) is 0 Å². The van der Waals surface area contributed by atoms with Crippen LogP contribution >= 0.6 is 0 Å². The molecule has 4 nitrogen and oxygen atoms in total. The maximum Gasteiger partial charge on any atom is 0.178 e. The largest absolute Gasteiger partial charge is 0.330 e. The number of hydrogen-bond acceptors (Lipinski definition) is 4. The molecular formula is C15H20N4. The molecule has 0 saturated heterocycles. The minimum atomic E-state index is 0.695. The van der Waals surface area contributed by atoms with Crippen LogP contribution in [0.4, 0.5) is 0 Å². The first-order valence-electron chi connectivity index (χ1n) is 6.60. The molecule has 2 heterocycles. The molecule has 0 amide bonds. The molecule has 0 unspecified atom stereocenters. The maximum atomic E-state index is 5.56. The Morgan fingerprint density at radius 3 is 2.26 bits per heavy atom. The van der Waals surface area contributed by atoms with E-state index in [1.807, 2.05) is 39.0 Å². The summed E-state index contributed by atoms with van der Waals surface area (Å²) in [6, 6.07) is 5.90. The number of nitrogens with two attached hydrogens (primary N) is 1. The van der Waals surface area contributed by atoms with Crippen LogP contribution in [-0.2, 0) is 6.42 Å². The van der Waals surface area contributed by atoms with Crippen molar-refractivity contribution >= 4 is 0 Å². The third-order valence-electron chi connectivity index (χ3n) is 3.17. The van der Waals surface area contributed by atoms with Gasteiger partial charge in [0.1, 0.15) is 5.69 Å². The predicted octanol–water partition coefficient (Wildman–Crippen LogP) is 2.36. The molecule has 0 atom stereocenters. The van der Waals surface area contributed by atoms with Crippen LogP contribution in [0, 0.1) is 20.8 Å². The van der Waals surface area contributed by atoms with E-state index in [0.29, 0.717) is 12.4 Å². The third kappa shape index (κ3) is 3.15. The van der Waals surface area contributed by atoms with Crippen LogP contribution in [0.25, 0.3) is 11.5 Å². The van der Waals surface area contributed by atoms with Gasteiger partial charge in [-0.1, -0.05) is 6.07 Å². The van der Waals surface area contributed by atoms with Crippen LogP contribution in [-0.4, -0.2) is 21.5 Å². The topological polar surface area (TPSA) is 64.7 Å². The van der Waals surface area contributed by atoms with Crippen LogP contribution < -0.4 is 5.73 Å². The van der Waals surface area contributed by atoms with Crippen LogP contribution in [0.3, 0.4) is 0 Å². The molecule has 2 rings (SSSR count). The van der Waals surface area contributed by atoms with E-state index in [4.69, 9.17) is 5.73 Å². The van der Waals surface area contributed by atoms with Crippen molar-refractivity contribution < 1.29 is 0 Å². The Balaban J connectivity index is 2.39. The summed E-state index contributed by atoms with van der Waals surface area (Å²) in [7, 11) is 0. The fraction of sp³-hybridized carbons (Fsp3) is 0.400. The summed E-state index contributed by atoms with van der Waals surface area (Å²) < 4.78 is 0. The lowest BCUT2D eigenvalue weighted by Crippen LogP contribution is -2.07. The normalized spacial score (nSPS) is 10.7. The van der Waals surface area contributed by atoms with Crippen molar-refractivity contribution in [3.8, 4) is 11.5 Å². The zero-order valence-corrected chi connectivity index (χ0v) is 11.8. The quantitative estimate of drug-likeness (QED) is 0.912. The standard InChI is InChI=1S/C15H20N4/c1-10-6-4-8-14(17-10)15-18-11(2)13(7-5-9-16)12(3)19-15/h4,6,8H,5,7,9,16H2,1-3H3. The summed E-state index contributed by atoms with van der Waals surface area (Å²) in [4.78, 5) is 13.6. The SMILES string of the molecule is Cc1cccc(-c2nc(C)c(CCCN)c(C)n2)n1. The van der Waals surface area contributed by atoms with Crippen LogP contribution in [0.1, 0.15) is 29.1 Å². The van der Waals surface area contributed by atoms with E-state index in [1.165, 1.54) is 5.56 Å². The van der Waals surface area contributed by atoms with Crippen molar-refractivity contribution in [3.05, 3.63) is 40.8 Å². The van der Waals surface area contributed by atoms with Gasteiger partial charge >= 0.3 is 0 Å². The summed E-state index contributed by atoms with van der Waals surface area (Å²) in [5.41, 5.74) is 10.6. The van der Waals surface area contributed by atoms with Gasteiger partial charge in [-0.15, -0.1) is 0 Å². The van der Waals surface area contributed by atoms with Crippen molar-refractivity contribution in [2.75, 3.05) is 6.54 Å². The highest BCUT2D eigenvalue weighted by Crippen LogP contribution is 2.18. The van der Waals surface area contributed by atoms with Gasteiger partial charge in [0.25, 0.3) is 0 Å². The maximum absolute atomic E-state index is 5.56. The third-order valence-corrected chi connectivity index (χ3v) is 3.17. The van der Waals surface area contributed by atoms with Gasteiger partial charge in [0.15, 0.2) is 5.82 Å². The molecular weight excluding hydrogens is 236 g/mol. The van der Waals surface area contributed by atoms with Gasteiger partial charge in [0, 0.05) is 17.1 Å². The number of hydrogen-bond donors (Lipinski definition) is 1. The molecule has 0 aliphatic heterocycles. The zero-order chi connectivity index (χ0) is 13.8. The number of nitrogens with zero attached hydrogens (tertiary/aromatic N) is 3. The summed E-state index contributed by atoms with van der Waals surface area (Å²) in [6.45, 7) is 6.72. The average molecular weight is 256 g/mol. The molecule has 0 radical (unpaired) electrons. The van der Waals surface area contributed by atoms with E-state index in [9.17, 15) is 0 Å². The Morgan fingerprint density at radius 2 is 1.68 bits per heavy atom. The molecule has 100 valence electrons. The lowest BCUT2D eigenvalue weighted by Gasteiger charge is -2.10. The fourth-order valence-electron chi connectivity index (χ4n) is 2.16. The molecule has 0 aliphatic carbocycles. The molecule has 0 aliphatic rings. The lowest BCUT2D eigenvalue weighted by molar-refractivity contribution is 0.805. The second kappa shape index (κ2) is 5.89. The van der Waals surface area contributed by atoms with E-state index in [-0.39, 0.29) is 0 Å². The second-order valence-electron chi connectivity index (χ2n) is 4.75. The van der Waals surface area contributed by atoms with Gasteiger partial charge in [-0.3, -0.25) is 0 Å². The Labute approximate surface area is 114 Å². The van der Waals surface area contributed by atoms with Crippen molar-refractivity contribution in [1.82, 2.24) is 15.0 Å². The Bertz CT molecular complexity index is 555. The highest BCUT2D eigenvalue weighted by molar-refractivity contribution is 5.50. The van der Waals surface area contributed by atoms with Crippen molar-refractivity contribution in [3.63, 3.8) is 0 Å². The first-order chi connectivity index (χ1) is 9.11. The lowest BCUT2D eigenvalue weighted by atomic mass is 10.1. The van der Waals surface area contributed by atoms with Crippen LogP contribution in [0.2, 0.25) is 0 Å². The smallest absolute Gasteiger partial charge is 0.178 e. The number of aryl methyl sites for hydroxylation is 3. The molecule has 2 aromatic heterocycles. The van der Waals surface area contributed by atoms with Gasteiger partial charge in [-0.25, -0.2) is 15.0 Å². The number of rotatable bonds is 4. The number of pyridine rings is 1. The van der Waals surface area contributed by atoms with Crippen molar-refractivity contribution in [2.45, 2.75) is 33.6 Å². The summed E-state index contributed by atoms with van der Waals surface area (Å²) in [5.74, 6) is 0.704. The van der Waals surface area contributed by atoms with Gasteiger partial charge in [0.2, 0.25) is 0 Å². The molecule has 0 spiro atoms. The van der Waals surface area contributed by atoms with E-state index in [2.05, 4.69) is 15.0 Å². The highest BCUT2D eigenvalue weighted by Gasteiger charge is 2.10. The van der Waals surface area contributed by atoms with E-state index >= 15 is 0 Å². The predicted molar refractivity (Wildman–Crippen MR) is 76.8 cm³/mol. The zero-order valence-electron chi connectivity index (χ0n) is 11.8. The first kappa shape index (κ1) is 13.6. The van der Waals surface area contributed by atoms with Crippen molar-refractivity contribution in [2.24, 2.45) is 5.73 Å². The first-order valence-corrected chi connectivity index (χ1v) is 6.60. The molecule has 0 bridgehead atoms. The van der Waals surface area contributed by atoms with E-state index in [1.54, 1.807) is 0 Å². The van der Waals surface area contributed by atoms with Crippen LogP contribution in [0.5, 0.6) is 0 Å². The summed E-state index contributed by atoms with van der Waals surface area (Å²) in [6.07, 6.45) is 1.91. The average Bonchev–Trinajstić information content (AvgIpc) is 2.37. The molecule has 0 aromatic carbocycles. The molecule has 0 saturated carbocycles. The molecule has 4 heteroatoms. The van der Waals surface area contributed by atoms with Gasteiger partial charge in [-0.05, 0) is 57.9 Å². The molecule has 2 aromatic rings.